The van der Waals surface area contributed by atoms with Gasteiger partial charge in [0.15, 0.2) is 0 Å². The second-order valence-corrected chi connectivity index (χ2v) is 4.67. The first-order chi connectivity index (χ1) is 8.86. The van der Waals surface area contributed by atoms with Crippen LogP contribution in [0.5, 0.6) is 5.75 Å². The van der Waals surface area contributed by atoms with Crippen molar-refractivity contribution in [2.45, 2.75) is 25.9 Å². The Kier molecular flexibility index (Phi) is 8.61. The number of hydrogen-bond donors (Lipinski definition) is 0. The highest BCUT2D eigenvalue weighted by Crippen LogP contribution is 2.12. The van der Waals surface area contributed by atoms with Crippen LogP contribution in [0.2, 0.25) is 0 Å². The maximum absolute atomic E-state index is 5.63. The number of benzene rings is 1. The van der Waals surface area contributed by atoms with Crippen molar-refractivity contribution in [3.63, 3.8) is 0 Å². The zero-order chi connectivity index (χ0) is 13.1. The molecule has 3 heteroatoms. The number of unbranched alkanes of at least 4 members (excludes halogenated alkanes) is 2. The summed E-state index contributed by atoms with van der Waals surface area (Å²) < 4.78 is 10.7. The number of allylic oxidation sites excluding steroid dienone is 2. The Labute approximate surface area is 118 Å². The minimum atomic E-state index is 0.682. The number of hydrogen-bond acceptors (Lipinski definition) is 2. The third-order valence-corrected chi connectivity index (χ3v) is 2.97. The van der Waals surface area contributed by atoms with Crippen LogP contribution in [0.3, 0.4) is 0 Å². The number of halogens is 1. The fraction of sp³-hybridized carbons (Fsp3) is 0.467. The molecule has 100 valence electrons. The summed E-state index contributed by atoms with van der Waals surface area (Å²) in [6.07, 6.45) is 7.78. The van der Waals surface area contributed by atoms with E-state index in [4.69, 9.17) is 9.47 Å². The summed E-state index contributed by atoms with van der Waals surface area (Å²) in [7, 11) is 1.68. The quantitative estimate of drug-likeness (QED) is 0.384. The van der Waals surface area contributed by atoms with Crippen LogP contribution in [0.25, 0.3) is 0 Å². The van der Waals surface area contributed by atoms with Crippen LogP contribution in [-0.4, -0.2) is 19.0 Å². The van der Waals surface area contributed by atoms with E-state index in [0.29, 0.717) is 6.61 Å². The minimum absolute atomic E-state index is 0.682. The van der Waals surface area contributed by atoms with E-state index in [1.165, 1.54) is 12.0 Å². The fourth-order valence-electron chi connectivity index (χ4n) is 1.56. The molecule has 0 heterocycles. The van der Waals surface area contributed by atoms with Gasteiger partial charge in [-0.2, -0.15) is 0 Å². The molecule has 0 fully saturated rings. The molecule has 0 unspecified atom stereocenters. The van der Waals surface area contributed by atoms with Gasteiger partial charge in [-0.25, -0.2) is 0 Å². The lowest BCUT2D eigenvalue weighted by molar-refractivity contribution is 0.117. The Morgan fingerprint density at radius 1 is 1.11 bits per heavy atom. The number of methoxy groups -OCH3 is 1. The highest BCUT2D eigenvalue weighted by Gasteiger charge is 1.94. The molecule has 0 aliphatic heterocycles. The predicted octanol–water partition coefficient (Wildman–Crippen LogP) is 4.33. The maximum Gasteiger partial charge on any atom is 0.118 e. The molecule has 0 saturated heterocycles. The van der Waals surface area contributed by atoms with Gasteiger partial charge in [0, 0.05) is 11.9 Å². The van der Waals surface area contributed by atoms with Crippen molar-refractivity contribution < 1.29 is 9.47 Å². The molecule has 0 N–H and O–H groups in total. The molecule has 18 heavy (non-hydrogen) atoms. The Hall–Kier alpha value is -0.800. The summed E-state index contributed by atoms with van der Waals surface area (Å²) in [4.78, 5) is 0. The highest BCUT2D eigenvalue weighted by atomic mass is 79.9. The first-order valence-electron chi connectivity index (χ1n) is 6.28. The summed E-state index contributed by atoms with van der Waals surface area (Å²) in [5.41, 5.74) is 1.19. The maximum atomic E-state index is 5.63. The molecule has 0 radical (unpaired) electrons. The molecule has 0 amide bonds. The lowest BCUT2D eigenvalue weighted by Gasteiger charge is -2.05. The summed E-state index contributed by atoms with van der Waals surface area (Å²) in [5, 5.41) is 0.945. The van der Waals surface area contributed by atoms with Crippen LogP contribution in [0.15, 0.2) is 36.4 Å². The van der Waals surface area contributed by atoms with Crippen LogP contribution >= 0.6 is 15.9 Å². The van der Waals surface area contributed by atoms with Gasteiger partial charge in [-0.05, 0) is 37.0 Å². The molecular weight excluding hydrogens is 292 g/mol. The van der Waals surface area contributed by atoms with E-state index in [0.717, 1.165) is 30.5 Å². The van der Waals surface area contributed by atoms with Gasteiger partial charge < -0.3 is 9.47 Å². The van der Waals surface area contributed by atoms with Gasteiger partial charge in [0.25, 0.3) is 0 Å². The van der Waals surface area contributed by atoms with Crippen molar-refractivity contribution in [1.82, 2.24) is 0 Å². The molecule has 0 spiro atoms. The molecule has 1 aromatic carbocycles. The lowest BCUT2D eigenvalue weighted by atomic mass is 10.2. The van der Waals surface area contributed by atoms with Crippen molar-refractivity contribution >= 4 is 15.9 Å². The molecule has 0 aliphatic rings. The average Bonchev–Trinajstić information content (AvgIpc) is 2.42. The fourth-order valence-corrected chi connectivity index (χ4v) is 1.82. The van der Waals surface area contributed by atoms with Gasteiger partial charge in [0.05, 0.1) is 13.7 Å². The van der Waals surface area contributed by atoms with Gasteiger partial charge in [-0.3, -0.25) is 0 Å². The lowest BCUT2D eigenvalue weighted by Crippen LogP contribution is -1.95. The third kappa shape index (κ3) is 6.82. The van der Waals surface area contributed by atoms with Gasteiger partial charge in [0.2, 0.25) is 0 Å². The third-order valence-electron chi connectivity index (χ3n) is 2.59. The number of rotatable bonds is 9. The summed E-state index contributed by atoms with van der Waals surface area (Å²) in [5.74, 6) is 0.886. The van der Waals surface area contributed by atoms with E-state index in [1.807, 2.05) is 24.3 Å². The Balaban J connectivity index is 2.05. The van der Waals surface area contributed by atoms with Gasteiger partial charge >= 0.3 is 0 Å². The normalized spacial score (nSPS) is 11.0. The standard InChI is InChI=1S/C15H21BrO2/c1-17-15-9-7-14(8-10-15)13-18-12-6-4-2-3-5-11-16/h3,5,7-10H,2,4,6,11-13H2,1H3/b5-3-. The zero-order valence-electron chi connectivity index (χ0n) is 10.9. The number of alkyl halides is 1. The summed E-state index contributed by atoms with van der Waals surface area (Å²) in [6, 6.07) is 8.00. The van der Waals surface area contributed by atoms with E-state index in [2.05, 4.69) is 28.1 Å². The van der Waals surface area contributed by atoms with Gasteiger partial charge in [-0.1, -0.05) is 40.2 Å². The summed E-state index contributed by atoms with van der Waals surface area (Å²) in [6.45, 7) is 1.51. The topological polar surface area (TPSA) is 18.5 Å². The Morgan fingerprint density at radius 3 is 2.56 bits per heavy atom. The molecule has 0 aliphatic carbocycles. The first kappa shape index (κ1) is 15.3. The Morgan fingerprint density at radius 2 is 1.89 bits per heavy atom. The molecule has 2 nitrogen and oxygen atoms in total. The summed E-state index contributed by atoms with van der Waals surface area (Å²) >= 11 is 3.36. The SMILES string of the molecule is COc1ccc(COCCCC/C=C\CBr)cc1. The van der Waals surface area contributed by atoms with Crippen LogP contribution in [0.1, 0.15) is 24.8 Å². The molecular formula is C15H21BrO2. The van der Waals surface area contributed by atoms with Crippen molar-refractivity contribution in [1.29, 1.82) is 0 Å². The molecule has 0 saturated carbocycles. The van der Waals surface area contributed by atoms with Crippen molar-refractivity contribution in [2.24, 2.45) is 0 Å². The average molecular weight is 313 g/mol. The van der Waals surface area contributed by atoms with Crippen LogP contribution in [-0.2, 0) is 11.3 Å². The molecule has 1 rings (SSSR count). The molecule has 0 aromatic heterocycles. The monoisotopic (exact) mass is 312 g/mol. The van der Waals surface area contributed by atoms with Crippen molar-refractivity contribution in [2.75, 3.05) is 19.0 Å². The van der Waals surface area contributed by atoms with E-state index in [-0.39, 0.29) is 0 Å². The first-order valence-corrected chi connectivity index (χ1v) is 7.40. The Bertz CT molecular complexity index is 333. The second-order valence-electron chi connectivity index (χ2n) is 4.02. The van der Waals surface area contributed by atoms with Crippen LogP contribution in [0, 0.1) is 0 Å². The molecule has 1 aromatic rings. The molecule has 0 bridgehead atoms. The zero-order valence-corrected chi connectivity index (χ0v) is 12.5. The van der Waals surface area contributed by atoms with Gasteiger partial charge in [0.1, 0.15) is 5.75 Å². The largest absolute Gasteiger partial charge is 0.497 e. The predicted molar refractivity (Wildman–Crippen MR) is 79.4 cm³/mol. The smallest absolute Gasteiger partial charge is 0.118 e. The van der Waals surface area contributed by atoms with E-state index in [1.54, 1.807) is 7.11 Å². The van der Waals surface area contributed by atoms with Crippen LogP contribution in [0.4, 0.5) is 0 Å². The van der Waals surface area contributed by atoms with E-state index >= 15 is 0 Å². The van der Waals surface area contributed by atoms with E-state index < -0.39 is 0 Å². The molecule has 0 atom stereocenters. The van der Waals surface area contributed by atoms with Crippen LogP contribution < -0.4 is 4.74 Å². The van der Waals surface area contributed by atoms with Gasteiger partial charge in [-0.15, -0.1) is 0 Å². The van der Waals surface area contributed by atoms with Crippen molar-refractivity contribution in [3.8, 4) is 5.75 Å². The second kappa shape index (κ2) is 10.2. The van der Waals surface area contributed by atoms with Crippen molar-refractivity contribution in [3.05, 3.63) is 42.0 Å². The van der Waals surface area contributed by atoms with E-state index in [9.17, 15) is 0 Å². The number of ether oxygens (including phenoxy) is 2. The minimum Gasteiger partial charge on any atom is -0.497 e. The highest BCUT2D eigenvalue weighted by molar-refractivity contribution is 9.09.